The lowest BCUT2D eigenvalue weighted by atomic mass is 10.3. The minimum atomic E-state index is 0.751. The zero-order chi connectivity index (χ0) is 10.8. The number of para-hydroxylation sites is 1. The van der Waals surface area contributed by atoms with Gasteiger partial charge in [-0.1, -0.05) is 30.3 Å². The summed E-state index contributed by atoms with van der Waals surface area (Å²) in [4.78, 5) is 3.21. The molecule has 0 aliphatic carbocycles. The molecular weight excluding hydrogens is 198 g/mol. The molecule has 77 valence electrons. The first kappa shape index (κ1) is 9.04. The molecule has 0 fully saturated rings. The fourth-order valence-electron chi connectivity index (χ4n) is 1.67. The molecule has 0 aliphatic heterocycles. The van der Waals surface area contributed by atoms with Crippen LogP contribution < -0.4 is 4.74 Å². The fraction of sp³-hybridized carbons (Fsp3) is 0. The summed E-state index contributed by atoms with van der Waals surface area (Å²) in [5, 5.41) is 1.15. The summed E-state index contributed by atoms with van der Waals surface area (Å²) in [6.07, 6.45) is 0. The number of nitrogens with one attached hydrogen (secondary N) is 1. The molecule has 1 aromatic heterocycles. The summed E-state index contributed by atoms with van der Waals surface area (Å²) in [6, 6.07) is 20.5. The second kappa shape index (κ2) is 3.74. The van der Waals surface area contributed by atoms with Crippen LogP contribution in [0.1, 0.15) is 0 Å². The van der Waals surface area contributed by atoms with Crippen LogP contribution in [0.4, 0.5) is 0 Å². The Morgan fingerprint density at radius 3 is 2.81 bits per heavy atom. The van der Waals surface area contributed by atoms with E-state index in [1.165, 1.54) is 0 Å². The summed E-state index contributed by atoms with van der Waals surface area (Å²) in [5.41, 5.74) is 1.08. The lowest BCUT2D eigenvalue weighted by Gasteiger charge is -2.00. The maximum atomic E-state index is 5.68. The molecular formula is C14H10NO. The quantitative estimate of drug-likeness (QED) is 0.681. The molecule has 0 atom stereocenters. The van der Waals surface area contributed by atoms with E-state index in [-0.39, 0.29) is 0 Å². The highest BCUT2D eigenvalue weighted by atomic mass is 16.5. The number of aromatic nitrogens is 1. The maximum Gasteiger partial charge on any atom is 0.198 e. The van der Waals surface area contributed by atoms with Gasteiger partial charge in [-0.3, -0.25) is 0 Å². The Balaban J connectivity index is 1.95. The third-order valence-electron chi connectivity index (χ3n) is 2.41. The first-order valence-corrected chi connectivity index (χ1v) is 5.13. The van der Waals surface area contributed by atoms with Crippen LogP contribution in [0.5, 0.6) is 11.6 Å². The van der Waals surface area contributed by atoms with Gasteiger partial charge >= 0.3 is 0 Å². The van der Waals surface area contributed by atoms with Crippen molar-refractivity contribution in [2.75, 3.05) is 0 Å². The van der Waals surface area contributed by atoms with E-state index in [0.717, 1.165) is 22.5 Å². The van der Waals surface area contributed by atoms with Gasteiger partial charge in [0.2, 0.25) is 0 Å². The Kier molecular flexibility index (Phi) is 2.11. The van der Waals surface area contributed by atoms with Crippen LogP contribution in [0.2, 0.25) is 0 Å². The van der Waals surface area contributed by atoms with Crippen molar-refractivity contribution >= 4 is 10.9 Å². The molecule has 0 saturated carbocycles. The Bertz CT molecular complexity index is 565. The molecule has 0 spiro atoms. The van der Waals surface area contributed by atoms with E-state index in [1.54, 1.807) is 0 Å². The molecule has 0 unspecified atom stereocenters. The van der Waals surface area contributed by atoms with Crippen LogP contribution in [-0.4, -0.2) is 4.98 Å². The van der Waals surface area contributed by atoms with Gasteiger partial charge in [-0.25, -0.2) is 0 Å². The van der Waals surface area contributed by atoms with Crippen molar-refractivity contribution in [3.05, 3.63) is 60.7 Å². The number of hydrogen-bond acceptors (Lipinski definition) is 1. The molecule has 3 rings (SSSR count). The van der Waals surface area contributed by atoms with Crippen LogP contribution in [0.3, 0.4) is 0 Å². The summed E-state index contributed by atoms with van der Waals surface area (Å²) < 4.78 is 5.68. The number of H-pyrrole nitrogens is 1. The number of hydrogen-bond donors (Lipinski definition) is 1. The number of ether oxygens (including phenoxy) is 1. The molecule has 1 radical (unpaired) electrons. The molecule has 0 saturated heterocycles. The lowest BCUT2D eigenvalue weighted by molar-refractivity contribution is 0.467. The van der Waals surface area contributed by atoms with E-state index in [1.807, 2.05) is 48.5 Å². The molecule has 2 heteroatoms. The smallest absolute Gasteiger partial charge is 0.198 e. The summed E-state index contributed by atoms with van der Waals surface area (Å²) in [6.45, 7) is 0. The highest BCUT2D eigenvalue weighted by Gasteiger charge is 2.01. The Morgan fingerprint density at radius 1 is 1.06 bits per heavy atom. The van der Waals surface area contributed by atoms with Gasteiger partial charge in [0.1, 0.15) is 5.75 Å². The van der Waals surface area contributed by atoms with Gasteiger partial charge in [-0.2, -0.15) is 0 Å². The molecule has 3 aromatic rings. The van der Waals surface area contributed by atoms with Gasteiger partial charge in [0, 0.05) is 17.0 Å². The largest absolute Gasteiger partial charge is 0.441 e. The summed E-state index contributed by atoms with van der Waals surface area (Å²) in [7, 11) is 0. The van der Waals surface area contributed by atoms with E-state index in [4.69, 9.17) is 4.74 Å². The van der Waals surface area contributed by atoms with Crippen molar-refractivity contribution in [3.63, 3.8) is 0 Å². The van der Waals surface area contributed by atoms with Crippen molar-refractivity contribution in [1.29, 1.82) is 0 Å². The average Bonchev–Trinajstić information content (AvgIpc) is 2.72. The first-order chi connectivity index (χ1) is 7.92. The second-order valence-electron chi connectivity index (χ2n) is 3.56. The van der Waals surface area contributed by atoms with Crippen molar-refractivity contribution in [3.8, 4) is 11.6 Å². The SMILES string of the molecule is [c]1cccc(Oc2cc3ccccc3[nH]2)c1. The van der Waals surface area contributed by atoms with Crippen molar-refractivity contribution < 1.29 is 4.74 Å². The Hall–Kier alpha value is -2.22. The van der Waals surface area contributed by atoms with Gasteiger partial charge < -0.3 is 9.72 Å². The highest BCUT2D eigenvalue weighted by Crippen LogP contribution is 2.24. The summed E-state index contributed by atoms with van der Waals surface area (Å²) >= 11 is 0. The average molecular weight is 208 g/mol. The lowest BCUT2D eigenvalue weighted by Crippen LogP contribution is -1.82. The minimum absolute atomic E-state index is 0.751. The summed E-state index contributed by atoms with van der Waals surface area (Å²) in [5.74, 6) is 1.54. The minimum Gasteiger partial charge on any atom is -0.441 e. The van der Waals surface area contributed by atoms with Gasteiger partial charge in [0.05, 0.1) is 0 Å². The number of rotatable bonds is 2. The molecule has 0 aliphatic rings. The maximum absolute atomic E-state index is 5.68. The van der Waals surface area contributed by atoms with Crippen LogP contribution >= 0.6 is 0 Å². The molecule has 16 heavy (non-hydrogen) atoms. The van der Waals surface area contributed by atoms with Crippen LogP contribution in [-0.2, 0) is 0 Å². The molecule has 0 amide bonds. The predicted octanol–water partition coefficient (Wildman–Crippen LogP) is 3.76. The van der Waals surface area contributed by atoms with Crippen LogP contribution in [0.15, 0.2) is 54.6 Å². The number of aromatic amines is 1. The first-order valence-electron chi connectivity index (χ1n) is 5.13. The van der Waals surface area contributed by atoms with Gasteiger partial charge in [0.15, 0.2) is 5.88 Å². The third-order valence-corrected chi connectivity index (χ3v) is 2.41. The van der Waals surface area contributed by atoms with Crippen molar-refractivity contribution in [2.24, 2.45) is 0 Å². The van der Waals surface area contributed by atoms with Gasteiger partial charge in [0.25, 0.3) is 0 Å². The van der Waals surface area contributed by atoms with Crippen molar-refractivity contribution in [2.45, 2.75) is 0 Å². The Morgan fingerprint density at radius 2 is 2.00 bits per heavy atom. The predicted molar refractivity (Wildman–Crippen MR) is 63.7 cm³/mol. The Labute approximate surface area is 93.5 Å². The monoisotopic (exact) mass is 208 g/mol. The standard InChI is InChI=1S/C14H10NO/c1-2-7-12(8-3-1)16-14-10-11-6-4-5-9-13(11)15-14/h1-2,4-10,15H. The number of fused-ring (bicyclic) bond motifs is 1. The van der Waals surface area contributed by atoms with E-state index >= 15 is 0 Å². The van der Waals surface area contributed by atoms with E-state index in [0.29, 0.717) is 0 Å². The van der Waals surface area contributed by atoms with Crippen LogP contribution in [0, 0.1) is 6.07 Å². The molecule has 1 heterocycles. The van der Waals surface area contributed by atoms with E-state index in [9.17, 15) is 0 Å². The zero-order valence-electron chi connectivity index (χ0n) is 8.60. The van der Waals surface area contributed by atoms with E-state index in [2.05, 4.69) is 17.1 Å². The van der Waals surface area contributed by atoms with Crippen molar-refractivity contribution in [1.82, 2.24) is 4.98 Å². The molecule has 2 nitrogen and oxygen atoms in total. The second-order valence-corrected chi connectivity index (χ2v) is 3.56. The normalized spacial score (nSPS) is 10.5. The van der Waals surface area contributed by atoms with E-state index < -0.39 is 0 Å². The van der Waals surface area contributed by atoms with Gasteiger partial charge in [-0.05, 0) is 24.3 Å². The third kappa shape index (κ3) is 1.65. The topological polar surface area (TPSA) is 25.0 Å². The van der Waals surface area contributed by atoms with Gasteiger partial charge in [-0.15, -0.1) is 0 Å². The molecule has 0 bridgehead atoms. The van der Waals surface area contributed by atoms with Crippen LogP contribution in [0.25, 0.3) is 10.9 Å². The fourth-order valence-corrected chi connectivity index (χ4v) is 1.67. The zero-order valence-corrected chi connectivity index (χ0v) is 8.60. The number of benzene rings is 2. The molecule has 2 aromatic carbocycles. The molecule has 1 N–H and O–H groups in total. The highest BCUT2D eigenvalue weighted by molar-refractivity contribution is 5.81.